The fraction of sp³-hybridized carbons (Fsp3) is 0.538. The van der Waals surface area contributed by atoms with E-state index < -0.39 is 0 Å². The molecule has 2 rings (SSSR count). The number of nitrogens with zero attached hydrogens (tertiary/aromatic N) is 1. The molecule has 0 bridgehead atoms. The van der Waals surface area contributed by atoms with E-state index in [1.54, 1.807) is 0 Å². The van der Waals surface area contributed by atoms with Crippen LogP contribution in [0.4, 0.5) is 5.69 Å². The van der Waals surface area contributed by atoms with Crippen molar-refractivity contribution in [3.05, 3.63) is 28.8 Å². The topological polar surface area (TPSA) is 15.3 Å². The number of rotatable bonds is 1. The van der Waals surface area contributed by atoms with Gasteiger partial charge in [-0.05, 0) is 44.5 Å². The van der Waals surface area contributed by atoms with Crippen molar-refractivity contribution in [2.24, 2.45) is 0 Å². The van der Waals surface area contributed by atoms with Crippen LogP contribution in [0.25, 0.3) is 0 Å². The molecule has 16 heavy (non-hydrogen) atoms. The largest absolute Gasteiger partial charge is 0.366 e. The lowest BCUT2D eigenvalue weighted by molar-refractivity contribution is 0.425. The van der Waals surface area contributed by atoms with Crippen molar-refractivity contribution in [2.45, 2.75) is 32.9 Å². The Kier molecular flexibility index (Phi) is 3.41. The molecule has 1 aromatic rings. The number of nitrogens with one attached hydrogen (secondary N) is 1. The molecule has 2 unspecified atom stereocenters. The van der Waals surface area contributed by atoms with Crippen molar-refractivity contribution in [2.75, 3.05) is 18.0 Å². The summed E-state index contributed by atoms with van der Waals surface area (Å²) in [4.78, 5) is 2.47. The molecular weight excluding hydrogens is 220 g/mol. The van der Waals surface area contributed by atoms with Crippen molar-refractivity contribution in [3.8, 4) is 0 Å². The average Bonchev–Trinajstić information content (AvgIpc) is 2.22. The first kappa shape index (κ1) is 11.7. The normalized spacial score (nSPS) is 25.9. The smallest absolute Gasteiger partial charge is 0.0410 e. The van der Waals surface area contributed by atoms with Crippen LogP contribution < -0.4 is 10.2 Å². The van der Waals surface area contributed by atoms with Gasteiger partial charge in [0.15, 0.2) is 0 Å². The molecule has 2 nitrogen and oxygen atoms in total. The average molecular weight is 239 g/mol. The molecule has 1 aliphatic rings. The lowest BCUT2D eigenvalue weighted by Crippen LogP contribution is -2.54. The third-order valence-corrected chi connectivity index (χ3v) is 3.47. The molecule has 3 heteroatoms. The molecule has 1 aromatic carbocycles. The van der Waals surface area contributed by atoms with Gasteiger partial charge in [-0.15, -0.1) is 0 Å². The molecule has 0 aliphatic carbocycles. The quantitative estimate of drug-likeness (QED) is 0.810. The van der Waals surface area contributed by atoms with Crippen molar-refractivity contribution < 1.29 is 0 Å². The first-order valence-electron chi connectivity index (χ1n) is 5.84. The molecule has 1 fully saturated rings. The van der Waals surface area contributed by atoms with Gasteiger partial charge in [0.2, 0.25) is 0 Å². The van der Waals surface area contributed by atoms with Gasteiger partial charge in [-0.3, -0.25) is 0 Å². The minimum absolute atomic E-state index is 0.538. The summed E-state index contributed by atoms with van der Waals surface area (Å²) in [6, 6.07) is 7.23. The van der Waals surface area contributed by atoms with Gasteiger partial charge < -0.3 is 10.2 Å². The van der Waals surface area contributed by atoms with Gasteiger partial charge in [-0.25, -0.2) is 0 Å². The van der Waals surface area contributed by atoms with Crippen LogP contribution in [0.1, 0.15) is 19.4 Å². The Morgan fingerprint density at radius 2 is 2.12 bits per heavy atom. The van der Waals surface area contributed by atoms with Gasteiger partial charge in [0.05, 0.1) is 0 Å². The van der Waals surface area contributed by atoms with Crippen molar-refractivity contribution in [1.82, 2.24) is 5.32 Å². The predicted octanol–water partition coefficient (Wildman–Crippen LogP) is 2.84. The van der Waals surface area contributed by atoms with E-state index >= 15 is 0 Å². The Morgan fingerprint density at radius 1 is 1.38 bits per heavy atom. The maximum absolute atomic E-state index is 5.99. The summed E-state index contributed by atoms with van der Waals surface area (Å²) in [6.45, 7) is 8.71. The van der Waals surface area contributed by atoms with Crippen LogP contribution in [0, 0.1) is 6.92 Å². The molecule has 0 spiro atoms. The second-order valence-corrected chi connectivity index (χ2v) is 5.18. The zero-order chi connectivity index (χ0) is 11.7. The summed E-state index contributed by atoms with van der Waals surface area (Å²) in [5.41, 5.74) is 2.57. The summed E-state index contributed by atoms with van der Waals surface area (Å²) in [6.07, 6.45) is 0. The zero-order valence-corrected chi connectivity index (χ0v) is 10.9. The molecule has 1 N–H and O–H groups in total. The number of benzene rings is 1. The van der Waals surface area contributed by atoms with E-state index in [0.29, 0.717) is 12.1 Å². The standard InChI is InChI=1S/C13H19ClN2/c1-9-6-12(14)4-5-13(9)16-8-10(2)15-7-11(16)3/h4-6,10-11,15H,7-8H2,1-3H3. The Morgan fingerprint density at radius 3 is 2.81 bits per heavy atom. The Balaban J connectivity index is 2.28. The predicted molar refractivity (Wildman–Crippen MR) is 70.5 cm³/mol. The first-order valence-corrected chi connectivity index (χ1v) is 6.22. The summed E-state index contributed by atoms with van der Waals surface area (Å²) < 4.78 is 0. The highest BCUT2D eigenvalue weighted by molar-refractivity contribution is 6.30. The van der Waals surface area contributed by atoms with Gasteiger partial charge in [-0.2, -0.15) is 0 Å². The van der Waals surface area contributed by atoms with Gasteiger partial charge in [-0.1, -0.05) is 11.6 Å². The van der Waals surface area contributed by atoms with Crippen LogP contribution in [-0.4, -0.2) is 25.2 Å². The van der Waals surface area contributed by atoms with Crippen LogP contribution in [-0.2, 0) is 0 Å². The van der Waals surface area contributed by atoms with Crippen molar-refractivity contribution >= 4 is 17.3 Å². The summed E-state index contributed by atoms with van der Waals surface area (Å²) >= 11 is 5.99. The summed E-state index contributed by atoms with van der Waals surface area (Å²) in [5, 5.41) is 4.31. The maximum atomic E-state index is 5.99. The van der Waals surface area contributed by atoms with E-state index in [2.05, 4.69) is 37.1 Å². The van der Waals surface area contributed by atoms with Crippen LogP contribution in [0.2, 0.25) is 5.02 Å². The molecule has 0 radical (unpaired) electrons. The monoisotopic (exact) mass is 238 g/mol. The van der Waals surface area contributed by atoms with Gasteiger partial charge in [0, 0.05) is 35.9 Å². The van der Waals surface area contributed by atoms with E-state index in [1.807, 2.05) is 12.1 Å². The summed E-state index contributed by atoms with van der Waals surface area (Å²) in [7, 11) is 0. The lowest BCUT2D eigenvalue weighted by Gasteiger charge is -2.40. The van der Waals surface area contributed by atoms with E-state index in [4.69, 9.17) is 11.6 Å². The number of halogens is 1. The summed E-state index contributed by atoms with van der Waals surface area (Å²) in [5.74, 6) is 0. The number of anilines is 1. The first-order chi connectivity index (χ1) is 7.58. The third-order valence-electron chi connectivity index (χ3n) is 3.23. The SMILES string of the molecule is Cc1cc(Cl)ccc1N1CC(C)NCC1C. The zero-order valence-electron chi connectivity index (χ0n) is 10.1. The second kappa shape index (κ2) is 4.64. The highest BCUT2D eigenvalue weighted by atomic mass is 35.5. The van der Waals surface area contributed by atoms with E-state index in [1.165, 1.54) is 11.3 Å². The van der Waals surface area contributed by atoms with E-state index in [9.17, 15) is 0 Å². The number of hydrogen-bond donors (Lipinski definition) is 1. The van der Waals surface area contributed by atoms with Crippen LogP contribution in [0.5, 0.6) is 0 Å². The van der Waals surface area contributed by atoms with Gasteiger partial charge in [0.1, 0.15) is 0 Å². The molecule has 1 saturated heterocycles. The number of piperazine rings is 1. The van der Waals surface area contributed by atoms with Crippen LogP contribution in [0.3, 0.4) is 0 Å². The van der Waals surface area contributed by atoms with Gasteiger partial charge >= 0.3 is 0 Å². The highest BCUT2D eigenvalue weighted by Gasteiger charge is 2.23. The number of hydrogen-bond acceptors (Lipinski definition) is 2. The van der Waals surface area contributed by atoms with Crippen molar-refractivity contribution in [1.29, 1.82) is 0 Å². The van der Waals surface area contributed by atoms with Crippen molar-refractivity contribution in [3.63, 3.8) is 0 Å². The molecule has 0 amide bonds. The maximum Gasteiger partial charge on any atom is 0.0410 e. The fourth-order valence-corrected chi connectivity index (χ4v) is 2.53. The minimum atomic E-state index is 0.538. The lowest BCUT2D eigenvalue weighted by atomic mass is 10.1. The second-order valence-electron chi connectivity index (χ2n) is 4.74. The molecule has 2 atom stereocenters. The molecule has 1 heterocycles. The molecule has 1 aliphatic heterocycles. The Hall–Kier alpha value is -0.730. The van der Waals surface area contributed by atoms with E-state index in [-0.39, 0.29) is 0 Å². The van der Waals surface area contributed by atoms with Crippen LogP contribution >= 0.6 is 11.6 Å². The third kappa shape index (κ3) is 2.33. The minimum Gasteiger partial charge on any atom is -0.366 e. The van der Waals surface area contributed by atoms with Crippen LogP contribution in [0.15, 0.2) is 18.2 Å². The number of aryl methyl sites for hydroxylation is 1. The Labute approximate surface area is 103 Å². The molecule has 0 aromatic heterocycles. The fourth-order valence-electron chi connectivity index (χ4n) is 2.30. The highest BCUT2D eigenvalue weighted by Crippen LogP contribution is 2.26. The molecular formula is C13H19ClN2. The van der Waals surface area contributed by atoms with Gasteiger partial charge in [0.25, 0.3) is 0 Å². The Bertz CT molecular complexity index is 378. The molecule has 0 saturated carbocycles. The molecule has 88 valence electrons. The van der Waals surface area contributed by atoms with E-state index in [0.717, 1.165) is 18.1 Å².